The Hall–Kier alpha value is -3.45. The van der Waals surface area contributed by atoms with Gasteiger partial charge in [0.1, 0.15) is 30.2 Å². The predicted octanol–water partition coefficient (Wildman–Crippen LogP) is 3.92. The smallest absolute Gasteiger partial charge is 0.164 e. The van der Waals surface area contributed by atoms with Gasteiger partial charge in [-0.25, -0.2) is 9.97 Å². The van der Waals surface area contributed by atoms with E-state index in [1.165, 1.54) is 12.1 Å². The largest absolute Gasteiger partial charge is 0.507 e. The second-order valence-corrected chi connectivity index (χ2v) is 6.67. The zero-order valence-corrected chi connectivity index (χ0v) is 15.2. The van der Waals surface area contributed by atoms with Gasteiger partial charge in [0.2, 0.25) is 0 Å². The lowest BCUT2D eigenvalue weighted by molar-refractivity contribution is 0.171. The molecule has 1 aliphatic rings. The van der Waals surface area contributed by atoms with Gasteiger partial charge in [0.05, 0.1) is 16.3 Å². The highest BCUT2D eigenvalue weighted by atomic mass is 35.5. The molecule has 5 rings (SSSR count). The van der Waals surface area contributed by atoms with Crippen molar-refractivity contribution in [3.63, 3.8) is 0 Å². The number of aromatic nitrogens is 3. The molecule has 0 aliphatic carbocycles. The van der Waals surface area contributed by atoms with Crippen LogP contribution in [0.15, 0.2) is 48.7 Å². The van der Waals surface area contributed by atoms with E-state index < -0.39 is 0 Å². The van der Waals surface area contributed by atoms with Gasteiger partial charge in [0.25, 0.3) is 0 Å². The van der Waals surface area contributed by atoms with E-state index in [1.54, 1.807) is 16.8 Å². The van der Waals surface area contributed by atoms with E-state index in [-0.39, 0.29) is 16.5 Å². The molecule has 0 saturated heterocycles. The highest BCUT2D eigenvalue weighted by Crippen LogP contribution is 2.40. The Labute approximate surface area is 164 Å². The Morgan fingerprint density at radius 3 is 2.64 bits per heavy atom. The fourth-order valence-corrected chi connectivity index (χ4v) is 3.40. The quantitative estimate of drug-likeness (QED) is 0.534. The number of phenolic OH excluding ortho intramolecular Hbond substituents is 2. The second-order valence-electron chi connectivity index (χ2n) is 6.27. The second kappa shape index (κ2) is 6.31. The van der Waals surface area contributed by atoms with Crippen molar-refractivity contribution in [3.8, 4) is 40.1 Å². The summed E-state index contributed by atoms with van der Waals surface area (Å²) in [5.74, 6) is 1.38. The van der Waals surface area contributed by atoms with Gasteiger partial charge in [0.15, 0.2) is 23.0 Å². The third-order valence-electron chi connectivity index (χ3n) is 4.51. The van der Waals surface area contributed by atoms with Crippen molar-refractivity contribution >= 4 is 22.8 Å². The first kappa shape index (κ1) is 16.7. The molecule has 0 atom stereocenters. The maximum atomic E-state index is 10.4. The molecule has 28 heavy (non-hydrogen) atoms. The van der Waals surface area contributed by atoms with Crippen LogP contribution in [0.1, 0.15) is 0 Å². The van der Waals surface area contributed by atoms with Gasteiger partial charge < -0.3 is 19.7 Å². The molecule has 0 bridgehead atoms. The van der Waals surface area contributed by atoms with Crippen LogP contribution in [0.2, 0.25) is 5.02 Å². The molecule has 140 valence electrons. The summed E-state index contributed by atoms with van der Waals surface area (Å²) in [6.07, 6.45) is 1.67. The van der Waals surface area contributed by atoms with Crippen LogP contribution >= 0.6 is 11.6 Å². The number of hydrogen-bond acceptors (Lipinski definition) is 6. The lowest BCUT2D eigenvalue weighted by Crippen LogP contribution is -2.15. The zero-order valence-electron chi connectivity index (χ0n) is 14.5. The van der Waals surface area contributed by atoms with E-state index in [2.05, 4.69) is 9.97 Å². The van der Waals surface area contributed by atoms with E-state index in [4.69, 9.17) is 21.1 Å². The Bertz CT molecular complexity index is 1220. The summed E-state index contributed by atoms with van der Waals surface area (Å²) in [5, 5.41) is 20.3. The molecular weight excluding hydrogens is 382 g/mol. The van der Waals surface area contributed by atoms with Crippen molar-refractivity contribution in [2.24, 2.45) is 0 Å². The van der Waals surface area contributed by atoms with Crippen LogP contribution in [0.3, 0.4) is 0 Å². The monoisotopic (exact) mass is 395 g/mol. The summed E-state index contributed by atoms with van der Waals surface area (Å²) in [6.45, 7) is 0.980. The number of benzene rings is 2. The van der Waals surface area contributed by atoms with Gasteiger partial charge in [-0.2, -0.15) is 0 Å². The number of fused-ring (bicyclic) bond motifs is 2. The van der Waals surface area contributed by atoms with Gasteiger partial charge in [-0.05, 0) is 30.3 Å². The third kappa shape index (κ3) is 2.59. The molecule has 0 amide bonds. The minimum Gasteiger partial charge on any atom is -0.507 e. The Balaban J connectivity index is 1.79. The van der Waals surface area contributed by atoms with Crippen molar-refractivity contribution in [1.82, 2.24) is 14.5 Å². The standard InChI is InChI=1S/C20H14ClN3O4/c21-13-9-12(15(25)10-16(13)26)19-23-14-2-1-5-22-20(14)24(19)11-3-4-17-18(8-11)28-7-6-27-17/h1-5,8-10,25-26H,6-7H2. The van der Waals surface area contributed by atoms with Crippen LogP contribution in [-0.4, -0.2) is 38.0 Å². The van der Waals surface area contributed by atoms with E-state index in [9.17, 15) is 10.2 Å². The van der Waals surface area contributed by atoms with Gasteiger partial charge in [-0.1, -0.05) is 11.6 Å². The third-order valence-corrected chi connectivity index (χ3v) is 4.81. The predicted molar refractivity (Wildman–Crippen MR) is 104 cm³/mol. The lowest BCUT2D eigenvalue weighted by Gasteiger charge is -2.19. The number of rotatable bonds is 2. The average molecular weight is 396 g/mol. The number of phenols is 2. The van der Waals surface area contributed by atoms with E-state index in [0.29, 0.717) is 47.3 Å². The highest BCUT2D eigenvalue weighted by Gasteiger charge is 2.21. The first-order valence-corrected chi connectivity index (χ1v) is 8.95. The van der Waals surface area contributed by atoms with Crippen molar-refractivity contribution in [1.29, 1.82) is 0 Å². The summed E-state index contributed by atoms with van der Waals surface area (Å²) >= 11 is 6.08. The summed E-state index contributed by atoms with van der Waals surface area (Å²) in [6, 6.07) is 11.8. The van der Waals surface area contributed by atoms with E-state index in [0.717, 1.165) is 5.69 Å². The molecule has 0 unspecified atom stereocenters. The summed E-state index contributed by atoms with van der Waals surface area (Å²) in [5.41, 5.74) is 2.37. The molecule has 4 aromatic rings. The molecular formula is C20H14ClN3O4. The van der Waals surface area contributed by atoms with Gasteiger partial charge >= 0.3 is 0 Å². The summed E-state index contributed by atoms with van der Waals surface area (Å²) in [7, 11) is 0. The van der Waals surface area contributed by atoms with Crippen molar-refractivity contribution in [2.45, 2.75) is 0 Å². The number of ether oxygens (including phenoxy) is 2. The Morgan fingerprint density at radius 2 is 1.79 bits per heavy atom. The molecule has 2 N–H and O–H groups in total. The molecule has 1 aliphatic heterocycles. The molecule has 3 heterocycles. The SMILES string of the molecule is Oc1cc(O)c(-c2nc3cccnc3n2-c2ccc3c(c2)OCCO3)cc1Cl. The fourth-order valence-electron chi connectivity index (χ4n) is 3.24. The number of nitrogens with zero attached hydrogens (tertiary/aromatic N) is 3. The zero-order chi connectivity index (χ0) is 19.3. The maximum Gasteiger partial charge on any atom is 0.164 e. The van der Waals surface area contributed by atoms with E-state index >= 15 is 0 Å². The minimum absolute atomic E-state index is 0.113. The van der Waals surface area contributed by atoms with Crippen LogP contribution in [0.5, 0.6) is 23.0 Å². The van der Waals surface area contributed by atoms with Gasteiger partial charge in [-0.3, -0.25) is 4.57 Å². The molecule has 8 heteroatoms. The fraction of sp³-hybridized carbons (Fsp3) is 0.100. The minimum atomic E-state index is -0.206. The Kier molecular flexibility index (Phi) is 3.77. The van der Waals surface area contributed by atoms with Crippen LogP contribution in [-0.2, 0) is 0 Å². The van der Waals surface area contributed by atoms with Crippen LogP contribution in [0.25, 0.3) is 28.2 Å². The summed E-state index contributed by atoms with van der Waals surface area (Å²) in [4.78, 5) is 9.08. The molecule has 0 fully saturated rings. The topological polar surface area (TPSA) is 89.6 Å². The Morgan fingerprint density at radius 1 is 0.964 bits per heavy atom. The number of aromatic hydroxyl groups is 2. The normalized spacial score (nSPS) is 13.0. The van der Waals surface area contributed by atoms with Crippen molar-refractivity contribution < 1.29 is 19.7 Å². The molecule has 2 aromatic heterocycles. The highest BCUT2D eigenvalue weighted by molar-refractivity contribution is 6.32. The number of imidazole rings is 1. The number of pyridine rings is 1. The number of hydrogen-bond donors (Lipinski definition) is 2. The van der Waals surface area contributed by atoms with Crippen molar-refractivity contribution in [2.75, 3.05) is 13.2 Å². The van der Waals surface area contributed by atoms with Crippen LogP contribution < -0.4 is 9.47 Å². The van der Waals surface area contributed by atoms with Crippen molar-refractivity contribution in [3.05, 3.63) is 53.7 Å². The molecule has 0 radical (unpaired) electrons. The first-order valence-electron chi connectivity index (χ1n) is 8.57. The van der Waals surface area contributed by atoms with Crippen LogP contribution in [0.4, 0.5) is 0 Å². The maximum absolute atomic E-state index is 10.4. The van der Waals surface area contributed by atoms with Gasteiger partial charge in [-0.15, -0.1) is 0 Å². The first-order chi connectivity index (χ1) is 13.6. The molecule has 2 aromatic carbocycles. The lowest BCUT2D eigenvalue weighted by atomic mass is 10.1. The summed E-state index contributed by atoms with van der Waals surface area (Å²) < 4.78 is 13.1. The number of halogens is 1. The van der Waals surface area contributed by atoms with Gasteiger partial charge in [0, 0.05) is 18.3 Å². The molecule has 0 spiro atoms. The van der Waals surface area contributed by atoms with Crippen LogP contribution in [0, 0.1) is 0 Å². The van der Waals surface area contributed by atoms with E-state index in [1.807, 2.05) is 24.3 Å². The molecule has 0 saturated carbocycles. The molecule has 7 nitrogen and oxygen atoms in total. The average Bonchev–Trinajstić information content (AvgIpc) is 3.09.